The van der Waals surface area contributed by atoms with Crippen molar-refractivity contribution in [2.45, 2.75) is 12.5 Å². The van der Waals surface area contributed by atoms with Gasteiger partial charge in [-0.3, -0.25) is 9.10 Å². The summed E-state index contributed by atoms with van der Waals surface area (Å²) in [6.45, 7) is 0.341. The van der Waals surface area contributed by atoms with Gasteiger partial charge in [0.05, 0.1) is 11.4 Å². The van der Waals surface area contributed by atoms with Gasteiger partial charge in [-0.15, -0.1) is 0 Å². The lowest BCUT2D eigenvalue weighted by atomic mass is 10.2. The first-order valence-corrected chi connectivity index (χ1v) is 7.09. The van der Waals surface area contributed by atoms with Crippen molar-refractivity contribution >= 4 is 21.7 Å². The number of nitrogens with two attached hydrogens (primary N) is 1. The smallest absolute Gasteiger partial charge is 0.321 e. The first-order chi connectivity index (χ1) is 8.42. The van der Waals surface area contributed by atoms with Gasteiger partial charge >= 0.3 is 5.97 Å². The van der Waals surface area contributed by atoms with Gasteiger partial charge in [0.1, 0.15) is 6.04 Å². The van der Waals surface area contributed by atoms with Gasteiger partial charge in [-0.2, -0.15) is 0 Å². The molecule has 18 heavy (non-hydrogen) atoms. The monoisotopic (exact) mass is 270 g/mol. The van der Waals surface area contributed by atoms with Crippen LogP contribution in [0.3, 0.4) is 0 Å². The van der Waals surface area contributed by atoms with Crippen molar-refractivity contribution in [2.24, 2.45) is 5.73 Å². The van der Waals surface area contributed by atoms with Gasteiger partial charge in [-0.05, 0) is 18.1 Å². The second kappa shape index (κ2) is 4.58. The lowest BCUT2D eigenvalue weighted by Crippen LogP contribution is -2.43. The number of carbonyl (C=O) groups is 1. The Kier molecular flexibility index (Phi) is 3.27. The Hall–Kier alpha value is -1.60. The average Bonchev–Trinajstić information content (AvgIpc) is 2.72. The van der Waals surface area contributed by atoms with E-state index in [1.807, 2.05) is 12.1 Å². The summed E-state index contributed by atoms with van der Waals surface area (Å²) in [6.07, 6.45) is 0.637. The van der Waals surface area contributed by atoms with E-state index in [1.54, 1.807) is 12.1 Å². The number of carboxylic acid groups (broad SMARTS) is 1. The number of rotatable bonds is 4. The minimum absolute atomic E-state index is 0.341. The summed E-state index contributed by atoms with van der Waals surface area (Å²) in [5.74, 6) is -1.90. The lowest BCUT2D eigenvalue weighted by Gasteiger charge is -2.20. The Morgan fingerprint density at radius 3 is 2.78 bits per heavy atom. The molecule has 1 heterocycles. The lowest BCUT2D eigenvalue weighted by molar-refractivity contribution is -0.137. The predicted octanol–water partition coefficient (Wildman–Crippen LogP) is -0.209. The average molecular weight is 270 g/mol. The van der Waals surface area contributed by atoms with Crippen molar-refractivity contribution in [1.82, 2.24) is 0 Å². The van der Waals surface area contributed by atoms with E-state index in [-0.39, 0.29) is 0 Å². The molecular weight excluding hydrogens is 256 g/mol. The van der Waals surface area contributed by atoms with E-state index in [2.05, 4.69) is 0 Å². The molecule has 98 valence electrons. The minimum Gasteiger partial charge on any atom is -0.480 e. The second-order valence-corrected chi connectivity index (χ2v) is 6.11. The molecule has 0 saturated carbocycles. The number of nitrogens with zero attached hydrogens (tertiary/aromatic N) is 1. The molecule has 1 aliphatic heterocycles. The molecule has 0 spiro atoms. The fraction of sp³-hybridized carbons (Fsp3) is 0.364. The molecule has 3 N–H and O–H groups in total. The SMILES string of the molecule is N[C@@H](CS(=O)(=O)N1CCc2ccccc21)C(=O)O. The van der Waals surface area contributed by atoms with Crippen LogP contribution >= 0.6 is 0 Å². The maximum atomic E-state index is 12.1. The van der Waals surface area contributed by atoms with E-state index in [1.165, 1.54) is 4.31 Å². The number of fused-ring (bicyclic) bond motifs is 1. The molecule has 0 amide bonds. The standard InChI is InChI=1S/C11H14N2O4S/c12-9(11(14)15)7-18(16,17)13-6-5-8-3-1-2-4-10(8)13/h1-4,9H,5-7,12H2,(H,14,15)/t9-/m0/s1. The van der Waals surface area contributed by atoms with E-state index in [9.17, 15) is 13.2 Å². The fourth-order valence-corrected chi connectivity index (χ4v) is 3.61. The zero-order valence-corrected chi connectivity index (χ0v) is 10.4. The van der Waals surface area contributed by atoms with E-state index in [4.69, 9.17) is 10.8 Å². The summed E-state index contributed by atoms with van der Waals surface area (Å²) in [6, 6.07) is 5.78. The number of anilines is 1. The molecule has 0 radical (unpaired) electrons. The Morgan fingerprint density at radius 2 is 2.11 bits per heavy atom. The molecule has 0 fully saturated rings. The molecule has 1 atom stereocenters. The summed E-state index contributed by atoms with van der Waals surface area (Å²) in [7, 11) is -3.69. The van der Waals surface area contributed by atoms with Crippen LogP contribution < -0.4 is 10.0 Å². The largest absolute Gasteiger partial charge is 0.480 e. The van der Waals surface area contributed by atoms with Crippen LogP contribution in [0.1, 0.15) is 5.56 Å². The van der Waals surface area contributed by atoms with Gasteiger partial charge in [0, 0.05) is 6.54 Å². The number of benzene rings is 1. The molecule has 0 aromatic heterocycles. The van der Waals surface area contributed by atoms with Crippen molar-refractivity contribution in [1.29, 1.82) is 0 Å². The van der Waals surface area contributed by atoms with Gasteiger partial charge in [0.15, 0.2) is 0 Å². The Bertz CT molecular complexity index is 570. The highest BCUT2D eigenvalue weighted by molar-refractivity contribution is 7.92. The second-order valence-electron chi connectivity index (χ2n) is 4.17. The third kappa shape index (κ3) is 2.32. The highest BCUT2D eigenvalue weighted by atomic mass is 32.2. The van der Waals surface area contributed by atoms with Crippen LogP contribution in [0, 0.1) is 0 Å². The third-order valence-corrected chi connectivity index (χ3v) is 4.72. The normalized spacial score (nSPS) is 16.4. The molecule has 0 aliphatic carbocycles. The molecule has 1 aromatic rings. The summed E-state index contributed by atoms with van der Waals surface area (Å²) >= 11 is 0. The van der Waals surface area contributed by atoms with Crippen molar-refractivity contribution < 1.29 is 18.3 Å². The minimum atomic E-state index is -3.69. The van der Waals surface area contributed by atoms with Crippen molar-refractivity contribution in [2.75, 3.05) is 16.6 Å². The molecule has 1 aliphatic rings. The Labute approximate surface area is 105 Å². The van der Waals surface area contributed by atoms with Crippen molar-refractivity contribution in [3.63, 3.8) is 0 Å². The molecular formula is C11H14N2O4S. The van der Waals surface area contributed by atoms with Gasteiger partial charge in [-0.1, -0.05) is 18.2 Å². The maximum Gasteiger partial charge on any atom is 0.321 e. The number of aliphatic carboxylic acids is 1. The molecule has 0 unspecified atom stereocenters. The summed E-state index contributed by atoms with van der Waals surface area (Å²) < 4.78 is 25.4. The Morgan fingerprint density at radius 1 is 1.44 bits per heavy atom. The summed E-state index contributed by atoms with van der Waals surface area (Å²) in [5, 5.41) is 8.68. The van der Waals surface area contributed by atoms with Crippen LogP contribution in [-0.2, 0) is 21.2 Å². The van der Waals surface area contributed by atoms with E-state index in [0.717, 1.165) is 5.56 Å². The topological polar surface area (TPSA) is 101 Å². The first-order valence-electron chi connectivity index (χ1n) is 5.48. The highest BCUT2D eigenvalue weighted by Crippen LogP contribution is 2.30. The van der Waals surface area contributed by atoms with Crippen LogP contribution in [0.4, 0.5) is 5.69 Å². The van der Waals surface area contributed by atoms with Crippen molar-refractivity contribution in [3.05, 3.63) is 29.8 Å². The molecule has 7 heteroatoms. The summed E-state index contributed by atoms with van der Waals surface area (Å²) in [5.41, 5.74) is 6.85. The number of hydrogen-bond acceptors (Lipinski definition) is 4. The molecule has 0 bridgehead atoms. The van der Waals surface area contributed by atoms with Gasteiger partial charge in [0.2, 0.25) is 10.0 Å². The molecule has 6 nitrogen and oxygen atoms in total. The fourth-order valence-electron chi connectivity index (χ4n) is 1.99. The van der Waals surface area contributed by atoms with Crippen LogP contribution in [0.25, 0.3) is 0 Å². The summed E-state index contributed by atoms with van der Waals surface area (Å²) in [4.78, 5) is 10.6. The Balaban J connectivity index is 2.25. The van der Waals surface area contributed by atoms with Gasteiger partial charge in [0.25, 0.3) is 0 Å². The van der Waals surface area contributed by atoms with E-state index in [0.29, 0.717) is 18.7 Å². The first kappa shape index (κ1) is 12.8. The zero-order chi connectivity index (χ0) is 13.3. The highest BCUT2D eigenvalue weighted by Gasteiger charge is 2.32. The quantitative estimate of drug-likeness (QED) is 0.788. The number of hydrogen-bond donors (Lipinski definition) is 2. The van der Waals surface area contributed by atoms with Crippen LogP contribution in [0.5, 0.6) is 0 Å². The zero-order valence-electron chi connectivity index (χ0n) is 9.61. The molecule has 0 saturated heterocycles. The third-order valence-electron chi connectivity index (χ3n) is 2.89. The molecule has 2 rings (SSSR count). The maximum absolute atomic E-state index is 12.1. The van der Waals surface area contributed by atoms with Crippen LogP contribution in [0.15, 0.2) is 24.3 Å². The van der Waals surface area contributed by atoms with E-state index < -0.39 is 27.8 Å². The predicted molar refractivity (Wildman–Crippen MR) is 66.9 cm³/mol. The molecule has 1 aromatic carbocycles. The number of carboxylic acids is 1. The van der Waals surface area contributed by atoms with Crippen LogP contribution in [-0.4, -0.2) is 37.8 Å². The number of para-hydroxylation sites is 1. The van der Waals surface area contributed by atoms with Crippen molar-refractivity contribution in [3.8, 4) is 0 Å². The van der Waals surface area contributed by atoms with Gasteiger partial charge < -0.3 is 10.8 Å². The van der Waals surface area contributed by atoms with Crippen LogP contribution in [0.2, 0.25) is 0 Å². The number of sulfonamides is 1. The van der Waals surface area contributed by atoms with Gasteiger partial charge in [-0.25, -0.2) is 8.42 Å². The van der Waals surface area contributed by atoms with E-state index >= 15 is 0 Å².